The number of nitrogens with one attached hydrogen (secondary N) is 1. The van der Waals surface area contributed by atoms with Gasteiger partial charge in [-0.05, 0) is 25.5 Å². The predicted octanol–water partition coefficient (Wildman–Crippen LogP) is 2.42. The molecule has 1 N–H and O–H groups in total. The number of hydrogen-bond donors (Lipinski definition) is 1. The van der Waals surface area contributed by atoms with E-state index in [0.29, 0.717) is 0 Å². The lowest BCUT2D eigenvalue weighted by molar-refractivity contribution is -0.181. The zero-order chi connectivity index (χ0) is 17.0. The van der Waals surface area contributed by atoms with Gasteiger partial charge in [0.05, 0.1) is 6.04 Å². The van der Waals surface area contributed by atoms with Gasteiger partial charge in [0.25, 0.3) is 0 Å². The highest BCUT2D eigenvalue weighted by Crippen LogP contribution is 2.25. The minimum absolute atomic E-state index is 0.205. The number of urea groups is 1. The summed E-state index contributed by atoms with van der Waals surface area (Å²) in [6.45, 7) is 4.00. The molecule has 1 saturated heterocycles. The Bertz CT molecular complexity index is 515. The second-order valence-corrected chi connectivity index (χ2v) is 5.70. The van der Waals surface area contributed by atoms with Crippen LogP contribution >= 0.6 is 0 Å². The lowest BCUT2D eigenvalue weighted by Gasteiger charge is -2.38. The molecule has 1 aromatic heterocycles. The maximum atomic E-state index is 12.7. The minimum Gasteiger partial charge on any atom is -0.331 e. The lowest BCUT2D eigenvalue weighted by Crippen LogP contribution is -2.56. The van der Waals surface area contributed by atoms with Crippen molar-refractivity contribution in [2.75, 3.05) is 26.2 Å². The van der Waals surface area contributed by atoms with E-state index in [-0.39, 0.29) is 38.3 Å². The molecule has 128 valence electrons. The number of piperazine rings is 1. The number of nitrogens with zero attached hydrogens (tertiary/aromatic N) is 3. The fourth-order valence-corrected chi connectivity index (χ4v) is 2.51. The van der Waals surface area contributed by atoms with Gasteiger partial charge in [-0.1, -0.05) is 6.07 Å². The Morgan fingerprint density at radius 1 is 1.26 bits per heavy atom. The second kappa shape index (κ2) is 7.16. The zero-order valence-corrected chi connectivity index (χ0v) is 13.2. The van der Waals surface area contributed by atoms with Crippen molar-refractivity contribution in [3.8, 4) is 0 Å². The Morgan fingerprint density at radius 2 is 1.91 bits per heavy atom. The molecule has 0 bridgehead atoms. The third kappa shape index (κ3) is 4.57. The zero-order valence-electron chi connectivity index (χ0n) is 13.2. The first-order chi connectivity index (χ1) is 10.8. The summed E-state index contributed by atoms with van der Waals surface area (Å²) in [5, 5.41) is 2.85. The van der Waals surface area contributed by atoms with Crippen molar-refractivity contribution in [1.82, 2.24) is 20.1 Å². The Kier molecular flexibility index (Phi) is 5.46. The molecule has 0 unspecified atom stereocenters. The molecule has 0 aromatic carbocycles. The number of hydrogen-bond acceptors (Lipinski definition) is 3. The molecule has 1 aliphatic rings. The Morgan fingerprint density at radius 3 is 2.43 bits per heavy atom. The summed E-state index contributed by atoms with van der Waals surface area (Å²) in [5.41, 5.74) is 0.880. The largest absolute Gasteiger partial charge is 0.403 e. The number of rotatable bonds is 3. The monoisotopic (exact) mass is 330 g/mol. The predicted molar refractivity (Wildman–Crippen MR) is 79.8 cm³/mol. The van der Waals surface area contributed by atoms with Gasteiger partial charge in [0.1, 0.15) is 6.04 Å². The number of aromatic nitrogens is 1. The molecule has 1 fully saturated rings. The van der Waals surface area contributed by atoms with Crippen LogP contribution < -0.4 is 5.32 Å². The molecule has 23 heavy (non-hydrogen) atoms. The Hall–Kier alpha value is -1.83. The third-order valence-corrected chi connectivity index (χ3v) is 4.15. The van der Waals surface area contributed by atoms with Crippen LogP contribution in [0, 0.1) is 0 Å². The van der Waals surface area contributed by atoms with E-state index in [1.165, 1.54) is 4.90 Å². The fraction of sp³-hybridized carbons (Fsp3) is 0.600. The molecule has 0 spiro atoms. The molecule has 5 nitrogen and oxygen atoms in total. The molecule has 1 aliphatic heterocycles. The summed E-state index contributed by atoms with van der Waals surface area (Å²) in [6.07, 6.45) is -0.910. The van der Waals surface area contributed by atoms with Crippen molar-refractivity contribution in [3.63, 3.8) is 0 Å². The van der Waals surface area contributed by atoms with Crippen molar-refractivity contribution in [3.05, 3.63) is 30.1 Å². The van der Waals surface area contributed by atoms with Crippen molar-refractivity contribution < 1.29 is 18.0 Å². The number of carbonyl (C=O) groups excluding carboxylic acids is 1. The molecule has 2 amide bonds. The summed E-state index contributed by atoms with van der Waals surface area (Å²) >= 11 is 0. The van der Waals surface area contributed by atoms with E-state index < -0.39 is 12.2 Å². The van der Waals surface area contributed by atoms with Crippen molar-refractivity contribution in [2.24, 2.45) is 0 Å². The maximum absolute atomic E-state index is 12.7. The number of alkyl halides is 3. The van der Waals surface area contributed by atoms with Gasteiger partial charge >= 0.3 is 12.2 Å². The second-order valence-electron chi connectivity index (χ2n) is 5.70. The average molecular weight is 330 g/mol. The topological polar surface area (TPSA) is 48.5 Å². The van der Waals surface area contributed by atoms with Gasteiger partial charge in [-0.25, -0.2) is 4.79 Å². The van der Waals surface area contributed by atoms with E-state index in [9.17, 15) is 18.0 Å². The van der Waals surface area contributed by atoms with E-state index in [1.807, 2.05) is 13.0 Å². The molecule has 1 aromatic rings. The van der Waals surface area contributed by atoms with Gasteiger partial charge in [0, 0.05) is 38.6 Å². The van der Waals surface area contributed by atoms with E-state index >= 15 is 0 Å². The molecular formula is C15H21F3N4O. The molecule has 2 rings (SSSR count). The molecule has 2 atom stereocenters. The highest BCUT2D eigenvalue weighted by Gasteiger charge is 2.41. The first-order valence-corrected chi connectivity index (χ1v) is 7.55. The van der Waals surface area contributed by atoms with Crippen LogP contribution in [0.1, 0.15) is 25.5 Å². The highest BCUT2D eigenvalue weighted by molar-refractivity contribution is 5.74. The molecule has 8 heteroatoms. The minimum atomic E-state index is -4.24. The third-order valence-electron chi connectivity index (χ3n) is 4.15. The quantitative estimate of drug-likeness (QED) is 0.926. The van der Waals surface area contributed by atoms with E-state index in [0.717, 1.165) is 12.5 Å². The van der Waals surface area contributed by atoms with Crippen LogP contribution in [0.15, 0.2) is 24.5 Å². The fourth-order valence-electron chi connectivity index (χ4n) is 2.51. The van der Waals surface area contributed by atoms with Gasteiger partial charge in [-0.2, -0.15) is 13.2 Å². The standard InChI is InChI=1S/C15H21F3N4O/c1-11(13-4-3-5-19-10-13)20-14(23)22-8-6-21(7-9-22)12(2)15(16,17)18/h3-5,10-12H,6-9H2,1-2H3,(H,20,23)/t11-,12+/m0/s1. The van der Waals surface area contributed by atoms with Crippen LogP contribution in [-0.4, -0.2) is 59.2 Å². The van der Waals surface area contributed by atoms with Crippen LogP contribution in [0.25, 0.3) is 0 Å². The van der Waals surface area contributed by atoms with Crippen LogP contribution in [0.4, 0.5) is 18.0 Å². The first-order valence-electron chi connectivity index (χ1n) is 7.55. The highest BCUT2D eigenvalue weighted by atomic mass is 19.4. The van der Waals surface area contributed by atoms with E-state index in [4.69, 9.17) is 0 Å². The Balaban J connectivity index is 1.84. The summed E-state index contributed by atoms with van der Waals surface area (Å²) in [5.74, 6) is 0. The smallest absolute Gasteiger partial charge is 0.331 e. The lowest BCUT2D eigenvalue weighted by atomic mass is 10.1. The SMILES string of the molecule is C[C@H](NC(=O)N1CCN([C@H](C)C(F)(F)F)CC1)c1cccnc1. The molecule has 2 heterocycles. The van der Waals surface area contributed by atoms with Crippen molar-refractivity contribution >= 4 is 6.03 Å². The van der Waals surface area contributed by atoms with Gasteiger partial charge in [0.2, 0.25) is 0 Å². The summed E-state index contributed by atoms with van der Waals surface area (Å²) in [4.78, 5) is 19.1. The number of halogens is 3. The number of pyridine rings is 1. The number of carbonyl (C=O) groups is 1. The van der Waals surface area contributed by atoms with Crippen LogP contribution in [0.5, 0.6) is 0 Å². The number of amides is 2. The molecule has 0 saturated carbocycles. The summed E-state index contributed by atoms with van der Waals surface area (Å²) in [7, 11) is 0. The molecule has 0 aliphatic carbocycles. The normalized spacial score (nSPS) is 19.3. The average Bonchev–Trinajstić information content (AvgIpc) is 2.54. The summed E-state index contributed by atoms with van der Waals surface area (Å²) < 4.78 is 38.1. The summed E-state index contributed by atoms with van der Waals surface area (Å²) in [6, 6.07) is 1.70. The van der Waals surface area contributed by atoms with Gasteiger partial charge in [-0.15, -0.1) is 0 Å². The van der Waals surface area contributed by atoms with Crippen molar-refractivity contribution in [1.29, 1.82) is 0 Å². The molecular weight excluding hydrogens is 309 g/mol. The van der Waals surface area contributed by atoms with Crippen LogP contribution in [0.2, 0.25) is 0 Å². The maximum Gasteiger partial charge on any atom is 0.403 e. The van der Waals surface area contributed by atoms with Gasteiger partial charge in [-0.3, -0.25) is 9.88 Å². The molecule has 0 radical (unpaired) electrons. The Labute approximate surface area is 133 Å². The van der Waals surface area contributed by atoms with E-state index in [1.54, 1.807) is 23.4 Å². The van der Waals surface area contributed by atoms with Gasteiger partial charge < -0.3 is 10.2 Å². The van der Waals surface area contributed by atoms with Crippen molar-refractivity contribution in [2.45, 2.75) is 32.1 Å². The van der Waals surface area contributed by atoms with E-state index in [2.05, 4.69) is 10.3 Å². The van der Waals surface area contributed by atoms with Gasteiger partial charge in [0.15, 0.2) is 0 Å². The van der Waals surface area contributed by atoms with Crippen LogP contribution in [0.3, 0.4) is 0 Å². The van der Waals surface area contributed by atoms with Crippen LogP contribution in [-0.2, 0) is 0 Å². The first kappa shape index (κ1) is 17.5.